The summed E-state index contributed by atoms with van der Waals surface area (Å²) >= 11 is 0. The smallest absolute Gasteiger partial charge is 0.251 e. The Morgan fingerprint density at radius 1 is 1.53 bits per heavy atom. The van der Waals surface area contributed by atoms with E-state index in [0.717, 1.165) is 5.92 Å². The Kier molecular flexibility index (Phi) is 3.46. The van der Waals surface area contributed by atoms with Gasteiger partial charge in [0.25, 0.3) is 5.91 Å². The highest BCUT2D eigenvalue weighted by Gasteiger charge is 2.27. The van der Waals surface area contributed by atoms with Gasteiger partial charge in [-0.2, -0.15) is 0 Å². The van der Waals surface area contributed by atoms with Crippen LogP contribution in [-0.2, 0) is 0 Å². The fraction of sp³-hybridized carbons (Fsp3) is 0.500. The van der Waals surface area contributed by atoms with E-state index in [-0.39, 0.29) is 11.7 Å². The van der Waals surface area contributed by atoms with Crippen LogP contribution in [0.2, 0.25) is 0 Å². The van der Waals surface area contributed by atoms with Crippen molar-refractivity contribution in [2.75, 3.05) is 6.54 Å². The summed E-state index contributed by atoms with van der Waals surface area (Å²) in [6.45, 7) is 4.53. The number of hydrogen-bond donors (Lipinski definition) is 1. The lowest BCUT2D eigenvalue weighted by molar-refractivity contribution is 0.0946. The van der Waals surface area contributed by atoms with E-state index in [1.54, 1.807) is 13.0 Å². The predicted octanol–water partition coefficient (Wildman–Crippen LogP) is 2.91. The molecule has 92 valence electrons. The number of nitrogens with one attached hydrogen (secondary N) is 1. The summed E-state index contributed by atoms with van der Waals surface area (Å²) < 4.78 is 13.1. The molecule has 1 fully saturated rings. The summed E-state index contributed by atoms with van der Waals surface area (Å²) in [6, 6.07) is 4.46. The number of carbonyl (C=O) groups excluding carboxylic acids is 1. The van der Waals surface area contributed by atoms with E-state index in [9.17, 15) is 9.18 Å². The second kappa shape index (κ2) is 4.86. The molecule has 2 rings (SSSR count). The van der Waals surface area contributed by atoms with E-state index in [1.165, 1.54) is 25.0 Å². The highest BCUT2D eigenvalue weighted by Crippen LogP contribution is 2.36. The first kappa shape index (κ1) is 12.1. The van der Waals surface area contributed by atoms with Crippen molar-refractivity contribution in [1.29, 1.82) is 0 Å². The molecular formula is C14H18FNO. The van der Waals surface area contributed by atoms with Gasteiger partial charge in [0.2, 0.25) is 0 Å². The third-order valence-corrected chi connectivity index (χ3v) is 3.43. The molecule has 1 saturated carbocycles. The SMILES string of the molecule is Cc1cc(C(=O)NCC(C)C2CC2)ccc1F. The van der Waals surface area contributed by atoms with Crippen LogP contribution in [0.4, 0.5) is 4.39 Å². The molecule has 1 aromatic carbocycles. The number of benzene rings is 1. The summed E-state index contributed by atoms with van der Waals surface area (Å²) in [6.07, 6.45) is 2.57. The Labute approximate surface area is 101 Å². The van der Waals surface area contributed by atoms with Crippen LogP contribution in [0.1, 0.15) is 35.7 Å². The molecule has 0 heterocycles. The minimum absolute atomic E-state index is 0.111. The maximum Gasteiger partial charge on any atom is 0.251 e. The minimum atomic E-state index is -0.270. The summed E-state index contributed by atoms with van der Waals surface area (Å²) in [7, 11) is 0. The Morgan fingerprint density at radius 2 is 2.24 bits per heavy atom. The van der Waals surface area contributed by atoms with Crippen molar-refractivity contribution < 1.29 is 9.18 Å². The van der Waals surface area contributed by atoms with E-state index in [0.29, 0.717) is 23.6 Å². The van der Waals surface area contributed by atoms with Gasteiger partial charge in [-0.05, 0) is 55.4 Å². The normalized spacial score (nSPS) is 16.6. The average Bonchev–Trinajstić information content (AvgIpc) is 3.13. The first-order chi connectivity index (χ1) is 8.08. The van der Waals surface area contributed by atoms with Gasteiger partial charge < -0.3 is 5.32 Å². The van der Waals surface area contributed by atoms with Crippen LogP contribution in [0.3, 0.4) is 0 Å². The van der Waals surface area contributed by atoms with Crippen molar-refractivity contribution in [3.8, 4) is 0 Å². The van der Waals surface area contributed by atoms with Gasteiger partial charge in [0, 0.05) is 12.1 Å². The topological polar surface area (TPSA) is 29.1 Å². The summed E-state index contributed by atoms with van der Waals surface area (Å²) in [5.74, 6) is 0.944. The molecule has 1 aromatic rings. The number of amides is 1. The van der Waals surface area contributed by atoms with Gasteiger partial charge >= 0.3 is 0 Å². The Morgan fingerprint density at radius 3 is 2.82 bits per heavy atom. The third kappa shape index (κ3) is 3.05. The largest absolute Gasteiger partial charge is 0.352 e. The lowest BCUT2D eigenvalue weighted by Gasteiger charge is -2.11. The van der Waals surface area contributed by atoms with E-state index in [4.69, 9.17) is 0 Å². The fourth-order valence-corrected chi connectivity index (χ4v) is 1.97. The van der Waals surface area contributed by atoms with Gasteiger partial charge in [-0.3, -0.25) is 4.79 Å². The maximum absolute atomic E-state index is 13.1. The summed E-state index contributed by atoms with van der Waals surface area (Å²) in [5.41, 5.74) is 1.04. The molecule has 0 spiro atoms. The van der Waals surface area contributed by atoms with E-state index in [1.807, 2.05) is 0 Å². The van der Waals surface area contributed by atoms with Crippen LogP contribution in [0, 0.1) is 24.6 Å². The lowest BCUT2D eigenvalue weighted by Crippen LogP contribution is -2.29. The molecule has 17 heavy (non-hydrogen) atoms. The molecule has 1 atom stereocenters. The highest BCUT2D eigenvalue weighted by atomic mass is 19.1. The van der Waals surface area contributed by atoms with E-state index < -0.39 is 0 Å². The summed E-state index contributed by atoms with van der Waals surface area (Å²) in [4.78, 5) is 11.8. The van der Waals surface area contributed by atoms with Crippen LogP contribution in [-0.4, -0.2) is 12.5 Å². The molecule has 0 radical (unpaired) electrons. The first-order valence-electron chi connectivity index (χ1n) is 6.12. The van der Waals surface area contributed by atoms with Crippen molar-refractivity contribution in [3.63, 3.8) is 0 Å². The monoisotopic (exact) mass is 235 g/mol. The third-order valence-electron chi connectivity index (χ3n) is 3.43. The molecule has 0 bridgehead atoms. The second-order valence-corrected chi connectivity index (χ2v) is 4.99. The Hall–Kier alpha value is -1.38. The van der Waals surface area contributed by atoms with Crippen LogP contribution in [0.25, 0.3) is 0 Å². The van der Waals surface area contributed by atoms with Gasteiger partial charge in [-0.15, -0.1) is 0 Å². The number of rotatable bonds is 4. The van der Waals surface area contributed by atoms with E-state index in [2.05, 4.69) is 12.2 Å². The van der Waals surface area contributed by atoms with Gasteiger partial charge in [0.05, 0.1) is 0 Å². The number of carbonyl (C=O) groups is 1. The predicted molar refractivity (Wildman–Crippen MR) is 65.4 cm³/mol. The summed E-state index contributed by atoms with van der Waals surface area (Å²) in [5, 5.41) is 2.91. The average molecular weight is 235 g/mol. The molecule has 3 heteroatoms. The zero-order valence-electron chi connectivity index (χ0n) is 10.3. The van der Waals surface area contributed by atoms with Gasteiger partial charge in [-0.25, -0.2) is 4.39 Å². The van der Waals surface area contributed by atoms with Crippen molar-refractivity contribution >= 4 is 5.91 Å². The molecule has 0 aromatic heterocycles. The van der Waals surface area contributed by atoms with Gasteiger partial charge in [0.1, 0.15) is 5.82 Å². The van der Waals surface area contributed by atoms with Crippen molar-refractivity contribution in [2.24, 2.45) is 11.8 Å². The van der Waals surface area contributed by atoms with Crippen LogP contribution >= 0.6 is 0 Å². The van der Waals surface area contributed by atoms with Crippen LogP contribution in [0.15, 0.2) is 18.2 Å². The first-order valence-corrected chi connectivity index (χ1v) is 6.12. The standard InChI is InChI=1S/C14H18FNO/c1-9-7-12(5-6-13(9)15)14(17)16-8-10(2)11-3-4-11/h5-7,10-11H,3-4,8H2,1-2H3,(H,16,17). The second-order valence-electron chi connectivity index (χ2n) is 4.99. The number of aryl methyl sites for hydroxylation is 1. The quantitative estimate of drug-likeness (QED) is 0.854. The lowest BCUT2D eigenvalue weighted by atomic mass is 10.1. The maximum atomic E-state index is 13.1. The molecule has 0 saturated heterocycles. The molecule has 0 aliphatic heterocycles. The van der Waals surface area contributed by atoms with Gasteiger partial charge in [0.15, 0.2) is 0 Å². The molecule has 2 nitrogen and oxygen atoms in total. The molecular weight excluding hydrogens is 217 g/mol. The molecule has 1 amide bonds. The Balaban J connectivity index is 1.92. The fourth-order valence-electron chi connectivity index (χ4n) is 1.97. The minimum Gasteiger partial charge on any atom is -0.352 e. The molecule has 1 aliphatic carbocycles. The molecule has 1 N–H and O–H groups in total. The van der Waals surface area contributed by atoms with Crippen molar-refractivity contribution in [1.82, 2.24) is 5.32 Å². The Bertz CT molecular complexity index is 426. The number of hydrogen-bond acceptors (Lipinski definition) is 1. The van der Waals surface area contributed by atoms with Gasteiger partial charge in [-0.1, -0.05) is 6.92 Å². The molecule has 1 aliphatic rings. The van der Waals surface area contributed by atoms with E-state index >= 15 is 0 Å². The number of halogens is 1. The van der Waals surface area contributed by atoms with Crippen LogP contribution in [0.5, 0.6) is 0 Å². The van der Waals surface area contributed by atoms with Crippen molar-refractivity contribution in [3.05, 3.63) is 35.1 Å². The zero-order valence-corrected chi connectivity index (χ0v) is 10.3. The van der Waals surface area contributed by atoms with Crippen molar-refractivity contribution in [2.45, 2.75) is 26.7 Å². The zero-order chi connectivity index (χ0) is 12.4. The molecule has 1 unspecified atom stereocenters. The van der Waals surface area contributed by atoms with Crippen LogP contribution < -0.4 is 5.32 Å². The highest BCUT2D eigenvalue weighted by molar-refractivity contribution is 5.94.